The number of hydrogen-bond donors (Lipinski definition) is 1. The molecule has 3 aromatic heterocycles. The molecule has 0 aliphatic rings. The summed E-state index contributed by atoms with van der Waals surface area (Å²) < 4.78 is 39.9. The number of nitrogens with zero attached hydrogens (tertiary/aromatic N) is 4. The minimum absolute atomic E-state index is 0.316. The van der Waals surface area contributed by atoms with E-state index in [1.165, 1.54) is 10.7 Å². The van der Waals surface area contributed by atoms with Crippen molar-refractivity contribution in [3.63, 3.8) is 0 Å². The maximum absolute atomic E-state index is 13.2. The number of pyridine rings is 2. The zero-order valence-corrected chi connectivity index (χ0v) is 17.8. The van der Waals surface area contributed by atoms with Crippen LogP contribution in [0.5, 0.6) is 0 Å². The van der Waals surface area contributed by atoms with Gasteiger partial charge in [0.15, 0.2) is 5.82 Å². The van der Waals surface area contributed by atoms with Crippen molar-refractivity contribution in [3.8, 4) is 17.1 Å². The number of hydrogen-bond acceptors (Lipinski definition) is 4. The van der Waals surface area contributed by atoms with Crippen LogP contribution < -0.4 is 5.32 Å². The third kappa shape index (κ3) is 4.92. The van der Waals surface area contributed by atoms with E-state index in [2.05, 4.69) is 20.4 Å². The van der Waals surface area contributed by atoms with Gasteiger partial charge in [0, 0.05) is 24.2 Å². The molecule has 4 aromatic rings. The second kappa shape index (κ2) is 8.85. The highest BCUT2D eigenvalue weighted by Crippen LogP contribution is 2.28. The van der Waals surface area contributed by atoms with Crippen molar-refractivity contribution in [2.75, 3.05) is 0 Å². The lowest BCUT2D eigenvalue weighted by Crippen LogP contribution is -2.27. The van der Waals surface area contributed by atoms with E-state index < -0.39 is 23.8 Å². The number of aryl methyl sites for hydroxylation is 1. The largest absolute Gasteiger partial charge is 0.433 e. The Labute approximate surface area is 188 Å². The molecule has 1 amide bonds. The van der Waals surface area contributed by atoms with Crippen LogP contribution in [0.3, 0.4) is 0 Å². The Kier molecular flexibility index (Phi) is 5.95. The molecule has 1 N–H and O–H groups in total. The maximum atomic E-state index is 13.2. The molecular weight excluding hydrogens is 431 g/mol. The number of carbonyl (C=O) groups is 1. The number of rotatable bonds is 5. The van der Waals surface area contributed by atoms with Crippen molar-refractivity contribution in [1.82, 2.24) is 25.1 Å². The van der Waals surface area contributed by atoms with Gasteiger partial charge in [0.2, 0.25) is 0 Å². The molecule has 1 atom stereocenters. The second-order valence-corrected chi connectivity index (χ2v) is 7.56. The quantitative estimate of drug-likeness (QED) is 0.456. The van der Waals surface area contributed by atoms with Gasteiger partial charge in [-0.2, -0.15) is 18.3 Å². The van der Waals surface area contributed by atoms with Crippen molar-refractivity contribution in [2.24, 2.45) is 0 Å². The molecule has 0 radical (unpaired) electrons. The van der Waals surface area contributed by atoms with Crippen LogP contribution in [0.25, 0.3) is 17.1 Å². The van der Waals surface area contributed by atoms with Crippen LogP contribution in [0.4, 0.5) is 13.2 Å². The fraction of sp³-hybridized carbons (Fsp3) is 0.167. The molecular formula is C24H20F3N5O. The summed E-state index contributed by atoms with van der Waals surface area (Å²) in [6.45, 7) is 3.61. The van der Waals surface area contributed by atoms with E-state index in [0.29, 0.717) is 22.6 Å². The zero-order chi connectivity index (χ0) is 23.6. The lowest BCUT2D eigenvalue weighted by molar-refractivity contribution is -0.141. The fourth-order valence-electron chi connectivity index (χ4n) is 3.30. The molecule has 0 fully saturated rings. The van der Waals surface area contributed by atoms with Gasteiger partial charge in [0.1, 0.15) is 11.4 Å². The highest BCUT2D eigenvalue weighted by Gasteiger charge is 2.32. The van der Waals surface area contributed by atoms with Crippen LogP contribution >= 0.6 is 0 Å². The molecule has 3 heterocycles. The van der Waals surface area contributed by atoms with Crippen LogP contribution in [-0.2, 0) is 6.18 Å². The molecule has 0 aliphatic heterocycles. The van der Waals surface area contributed by atoms with Crippen LogP contribution in [0.2, 0.25) is 0 Å². The Morgan fingerprint density at radius 3 is 2.45 bits per heavy atom. The van der Waals surface area contributed by atoms with Crippen molar-refractivity contribution in [2.45, 2.75) is 26.1 Å². The van der Waals surface area contributed by atoms with Crippen LogP contribution in [-0.4, -0.2) is 25.7 Å². The van der Waals surface area contributed by atoms with Crippen molar-refractivity contribution in [1.29, 1.82) is 0 Å². The zero-order valence-electron chi connectivity index (χ0n) is 17.8. The first-order chi connectivity index (χ1) is 15.7. The second-order valence-electron chi connectivity index (χ2n) is 7.56. The first kappa shape index (κ1) is 22.2. The number of alkyl halides is 3. The smallest absolute Gasteiger partial charge is 0.345 e. The SMILES string of the molecule is Cc1ccnc(-n2cc(C(=O)N[C@H](C)c3ccc(C(F)(F)F)nc3)c(-c3ccccc3)n2)c1. The van der Waals surface area contributed by atoms with E-state index in [-0.39, 0.29) is 0 Å². The van der Waals surface area contributed by atoms with Gasteiger partial charge in [-0.25, -0.2) is 9.67 Å². The number of aromatic nitrogens is 4. The summed E-state index contributed by atoms with van der Waals surface area (Å²) in [5.41, 5.74) is 1.99. The summed E-state index contributed by atoms with van der Waals surface area (Å²) in [4.78, 5) is 21.0. The predicted molar refractivity (Wildman–Crippen MR) is 117 cm³/mol. The summed E-state index contributed by atoms with van der Waals surface area (Å²) in [5, 5.41) is 7.41. The van der Waals surface area contributed by atoms with E-state index in [9.17, 15) is 18.0 Å². The molecule has 0 saturated carbocycles. The average Bonchev–Trinajstić information content (AvgIpc) is 3.25. The molecule has 0 unspecified atom stereocenters. The van der Waals surface area contributed by atoms with Crippen molar-refractivity contribution < 1.29 is 18.0 Å². The maximum Gasteiger partial charge on any atom is 0.433 e. The van der Waals surface area contributed by atoms with Crippen molar-refractivity contribution >= 4 is 5.91 Å². The Morgan fingerprint density at radius 1 is 1.06 bits per heavy atom. The van der Waals surface area contributed by atoms with Crippen molar-refractivity contribution in [3.05, 3.63) is 95.6 Å². The number of carbonyl (C=O) groups excluding carboxylic acids is 1. The number of benzene rings is 1. The van der Waals surface area contributed by atoms with Crippen LogP contribution in [0.1, 0.15) is 40.1 Å². The van der Waals surface area contributed by atoms with E-state index >= 15 is 0 Å². The molecule has 33 heavy (non-hydrogen) atoms. The average molecular weight is 451 g/mol. The Morgan fingerprint density at radius 2 is 1.82 bits per heavy atom. The minimum Gasteiger partial charge on any atom is -0.345 e. The van der Waals surface area contributed by atoms with Gasteiger partial charge >= 0.3 is 6.18 Å². The van der Waals surface area contributed by atoms with Crippen LogP contribution in [0, 0.1) is 6.92 Å². The highest BCUT2D eigenvalue weighted by atomic mass is 19.4. The molecule has 6 nitrogen and oxygen atoms in total. The Balaban J connectivity index is 1.65. The normalized spacial score (nSPS) is 12.4. The summed E-state index contributed by atoms with van der Waals surface area (Å²) in [5.74, 6) is 0.145. The van der Waals surface area contributed by atoms with Gasteiger partial charge in [-0.3, -0.25) is 9.78 Å². The molecule has 1 aromatic carbocycles. The summed E-state index contributed by atoms with van der Waals surface area (Å²) in [6, 6.07) is 14.6. The molecule has 168 valence electrons. The minimum atomic E-state index is -4.52. The van der Waals surface area contributed by atoms with Gasteiger partial charge in [-0.05, 0) is 43.2 Å². The summed E-state index contributed by atoms with van der Waals surface area (Å²) in [6.07, 6.45) is -0.148. The fourth-order valence-corrected chi connectivity index (χ4v) is 3.30. The standard InChI is InChI=1S/C24H20F3N5O/c1-15-10-11-28-21(12-15)32-14-19(22(31-32)17-6-4-3-5-7-17)23(33)30-16(2)18-8-9-20(29-13-18)24(25,26)27/h3-14,16H,1-2H3,(H,30,33)/t16-/m1/s1. The van der Waals surface area contributed by atoms with Gasteiger partial charge in [-0.1, -0.05) is 36.4 Å². The number of nitrogens with one attached hydrogen (secondary N) is 1. The van der Waals surface area contributed by atoms with E-state index in [4.69, 9.17) is 0 Å². The highest BCUT2D eigenvalue weighted by molar-refractivity contribution is 6.00. The van der Waals surface area contributed by atoms with Gasteiger partial charge in [0.05, 0.1) is 11.6 Å². The molecule has 0 bridgehead atoms. The van der Waals surface area contributed by atoms with Gasteiger partial charge in [0.25, 0.3) is 5.91 Å². The monoisotopic (exact) mass is 451 g/mol. The Hall–Kier alpha value is -4.01. The Bertz CT molecular complexity index is 1270. The molecule has 0 aliphatic carbocycles. The lowest BCUT2D eigenvalue weighted by Gasteiger charge is -2.15. The molecule has 9 heteroatoms. The first-order valence-electron chi connectivity index (χ1n) is 10.1. The van der Waals surface area contributed by atoms with Gasteiger partial charge in [-0.15, -0.1) is 0 Å². The van der Waals surface area contributed by atoms with Crippen LogP contribution in [0.15, 0.2) is 73.2 Å². The molecule has 0 saturated heterocycles. The lowest BCUT2D eigenvalue weighted by atomic mass is 10.1. The number of amides is 1. The number of halogens is 3. The van der Waals surface area contributed by atoms with E-state index in [1.54, 1.807) is 19.3 Å². The van der Waals surface area contributed by atoms with E-state index in [0.717, 1.165) is 23.4 Å². The van der Waals surface area contributed by atoms with Gasteiger partial charge < -0.3 is 5.32 Å². The third-order valence-electron chi connectivity index (χ3n) is 5.07. The summed E-state index contributed by atoms with van der Waals surface area (Å²) in [7, 11) is 0. The van der Waals surface area contributed by atoms with E-state index in [1.807, 2.05) is 49.4 Å². The summed E-state index contributed by atoms with van der Waals surface area (Å²) >= 11 is 0. The predicted octanol–water partition coefficient (Wildman–Crippen LogP) is 5.15. The third-order valence-corrected chi connectivity index (χ3v) is 5.07. The molecule has 0 spiro atoms. The molecule has 4 rings (SSSR count). The first-order valence-corrected chi connectivity index (χ1v) is 10.1. The topological polar surface area (TPSA) is 72.7 Å².